The van der Waals surface area contributed by atoms with E-state index in [1.165, 1.54) is 5.56 Å². The number of phenolic OH excluding ortho intramolecular Hbond substituents is 1. The standard InChI is InChI=1S/C22H25NO3/c24-19-6-4-17(5-7-19)18-3-1-2-16(14-18)15-23-22-11-8-21(9-12-22,10-13-22)20(25)26/h1-7,14,23-24H,8-13,15H2,(H,25,26). The first-order valence-corrected chi connectivity index (χ1v) is 9.37. The largest absolute Gasteiger partial charge is 0.508 e. The molecule has 3 aliphatic carbocycles. The van der Waals surface area contributed by atoms with Gasteiger partial charge in [0.2, 0.25) is 0 Å². The lowest BCUT2D eigenvalue weighted by molar-refractivity contribution is -0.156. The molecule has 0 saturated heterocycles. The van der Waals surface area contributed by atoms with Crippen LogP contribution in [0.4, 0.5) is 0 Å². The molecule has 0 radical (unpaired) electrons. The van der Waals surface area contributed by atoms with Gasteiger partial charge in [0.1, 0.15) is 5.75 Å². The van der Waals surface area contributed by atoms with Crippen LogP contribution < -0.4 is 5.32 Å². The van der Waals surface area contributed by atoms with Crippen molar-refractivity contribution in [3.8, 4) is 16.9 Å². The molecule has 3 aliphatic rings. The second kappa shape index (κ2) is 6.44. The molecule has 0 unspecified atom stereocenters. The minimum atomic E-state index is -0.604. The first-order valence-electron chi connectivity index (χ1n) is 9.37. The quantitative estimate of drug-likeness (QED) is 0.750. The number of carboxylic acid groups (broad SMARTS) is 1. The molecule has 0 aliphatic heterocycles. The number of hydrogen-bond acceptors (Lipinski definition) is 3. The molecule has 4 heteroatoms. The minimum absolute atomic E-state index is 0.103. The van der Waals surface area contributed by atoms with Crippen molar-refractivity contribution in [1.82, 2.24) is 5.32 Å². The Hall–Kier alpha value is -2.33. The van der Waals surface area contributed by atoms with Crippen LogP contribution in [0.5, 0.6) is 5.75 Å². The SMILES string of the molecule is O=C(O)C12CCC(NCc3cccc(-c4ccc(O)cc4)c3)(CC1)CC2. The van der Waals surface area contributed by atoms with Gasteiger partial charge >= 0.3 is 5.97 Å². The fraction of sp³-hybridized carbons (Fsp3) is 0.409. The van der Waals surface area contributed by atoms with Gasteiger partial charge in [0.05, 0.1) is 5.41 Å². The third kappa shape index (κ3) is 3.10. The molecule has 2 bridgehead atoms. The average Bonchev–Trinajstić information content (AvgIpc) is 2.69. The Labute approximate surface area is 153 Å². The molecular formula is C22H25NO3. The number of carbonyl (C=O) groups is 1. The molecule has 0 heterocycles. The van der Waals surface area contributed by atoms with Crippen molar-refractivity contribution in [2.75, 3.05) is 0 Å². The second-order valence-electron chi connectivity index (χ2n) is 7.97. The van der Waals surface area contributed by atoms with Crippen LogP contribution in [0.1, 0.15) is 44.1 Å². The van der Waals surface area contributed by atoms with Gasteiger partial charge in [0, 0.05) is 12.1 Å². The van der Waals surface area contributed by atoms with Gasteiger partial charge in [-0.2, -0.15) is 0 Å². The summed E-state index contributed by atoms with van der Waals surface area (Å²) in [5.41, 5.74) is 3.10. The fourth-order valence-corrected chi connectivity index (χ4v) is 4.58. The van der Waals surface area contributed by atoms with Gasteiger partial charge in [0.25, 0.3) is 0 Å². The molecule has 26 heavy (non-hydrogen) atoms. The molecule has 3 N–H and O–H groups in total. The van der Waals surface area contributed by atoms with Crippen LogP contribution in [-0.4, -0.2) is 21.7 Å². The highest BCUT2D eigenvalue weighted by Crippen LogP contribution is 2.52. The highest BCUT2D eigenvalue weighted by Gasteiger charge is 2.52. The van der Waals surface area contributed by atoms with E-state index in [1.54, 1.807) is 12.1 Å². The van der Waals surface area contributed by atoms with Crippen molar-refractivity contribution >= 4 is 5.97 Å². The lowest BCUT2D eigenvalue weighted by atomic mass is 9.57. The van der Waals surface area contributed by atoms with E-state index in [1.807, 2.05) is 12.1 Å². The Bertz CT molecular complexity index is 788. The highest BCUT2D eigenvalue weighted by molar-refractivity contribution is 5.75. The summed E-state index contributed by atoms with van der Waals surface area (Å²) in [5.74, 6) is -0.329. The zero-order valence-electron chi connectivity index (χ0n) is 14.9. The maximum absolute atomic E-state index is 11.6. The molecule has 0 aromatic heterocycles. The molecule has 0 spiro atoms. The maximum Gasteiger partial charge on any atom is 0.309 e. The number of phenols is 1. The van der Waals surface area contributed by atoms with E-state index < -0.39 is 11.4 Å². The Morgan fingerprint density at radius 2 is 1.58 bits per heavy atom. The molecule has 0 atom stereocenters. The fourth-order valence-electron chi connectivity index (χ4n) is 4.58. The Balaban J connectivity index is 1.44. The summed E-state index contributed by atoms with van der Waals surface area (Å²) in [6, 6.07) is 15.7. The van der Waals surface area contributed by atoms with Crippen molar-refractivity contribution in [1.29, 1.82) is 0 Å². The number of rotatable bonds is 5. The van der Waals surface area contributed by atoms with Crippen molar-refractivity contribution < 1.29 is 15.0 Å². The summed E-state index contributed by atoms with van der Waals surface area (Å²) in [6.45, 7) is 0.798. The Morgan fingerprint density at radius 3 is 2.19 bits per heavy atom. The van der Waals surface area contributed by atoms with E-state index in [0.717, 1.165) is 56.2 Å². The van der Waals surface area contributed by atoms with Crippen LogP contribution >= 0.6 is 0 Å². The third-order valence-electron chi connectivity index (χ3n) is 6.50. The average molecular weight is 351 g/mol. The van der Waals surface area contributed by atoms with Crippen molar-refractivity contribution in [3.05, 3.63) is 54.1 Å². The number of nitrogens with one attached hydrogen (secondary N) is 1. The predicted molar refractivity (Wildman–Crippen MR) is 101 cm³/mol. The summed E-state index contributed by atoms with van der Waals surface area (Å²) in [6.07, 6.45) is 5.25. The van der Waals surface area contributed by atoms with Crippen molar-refractivity contribution in [2.24, 2.45) is 5.41 Å². The summed E-state index contributed by atoms with van der Waals surface area (Å²) >= 11 is 0. The minimum Gasteiger partial charge on any atom is -0.508 e. The van der Waals surface area contributed by atoms with Gasteiger partial charge < -0.3 is 15.5 Å². The highest BCUT2D eigenvalue weighted by atomic mass is 16.4. The molecule has 0 amide bonds. The Kier molecular flexibility index (Phi) is 4.23. The van der Waals surface area contributed by atoms with E-state index in [0.29, 0.717) is 0 Å². The summed E-state index contributed by atoms with van der Waals surface area (Å²) in [7, 11) is 0. The number of fused-ring (bicyclic) bond motifs is 3. The topological polar surface area (TPSA) is 69.6 Å². The molecule has 3 saturated carbocycles. The predicted octanol–water partition coefficient (Wildman–Crippen LogP) is 4.33. The van der Waals surface area contributed by atoms with Gasteiger partial charge in [0.15, 0.2) is 0 Å². The smallest absolute Gasteiger partial charge is 0.309 e. The molecular weight excluding hydrogens is 326 g/mol. The molecule has 5 rings (SSSR count). The van der Waals surface area contributed by atoms with Crippen LogP contribution in [0.15, 0.2) is 48.5 Å². The van der Waals surface area contributed by atoms with Gasteiger partial charge in [-0.3, -0.25) is 4.79 Å². The van der Waals surface area contributed by atoms with Gasteiger partial charge in [-0.15, -0.1) is 0 Å². The zero-order chi connectivity index (χ0) is 18.2. The molecule has 2 aromatic carbocycles. The second-order valence-corrected chi connectivity index (χ2v) is 7.97. The monoisotopic (exact) mass is 351 g/mol. The van der Waals surface area contributed by atoms with Gasteiger partial charge in [-0.05, 0) is 73.4 Å². The molecule has 4 nitrogen and oxygen atoms in total. The first-order chi connectivity index (χ1) is 12.5. The van der Waals surface area contributed by atoms with Gasteiger partial charge in [-0.25, -0.2) is 0 Å². The van der Waals surface area contributed by atoms with Crippen molar-refractivity contribution in [2.45, 2.75) is 50.6 Å². The number of aromatic hydroxyl groups is 1. The molecule has 136 valence electrons. The van der Waals surface area contributed by atoms with Crippen molar-refractivity contribution in [3.63, 3.8) is 0 Å². The zero-order valence-corrected chi connectivity index (χ0v) is 14.9. The van der Waals surface area contributed by atoms with Crippen LogP contribution in [-0.2, 0) is 11.3 Å². The lowest BCUT2D eigenvalue weighted by Gasteiger charge is -2.51. The van der Waals surface area contributed by atoms with E-state index >= 15 is 0 Å². The van der Waals surface area contributed by atoms with Gasteiger partial charge in [-0.1, -0.05) is 30.3 Å². The number of aliphatic carboxylic acids is 1. The van der Waals surface area contributed by atoms with Crippen LogP contribution in [0.3, 0.4) is 0 Å². The normalized spacial score (nSPS) is 27.4. The summed E-state index contributed by atoms with van der Waals surface area (Å²) in [5, 5.41) is 22.7. The Morgan fingerprint density at radius 1 is 0.923 bits per heavy atom. The van der Waals surface area contributed by atoms with Crippen LogP contribution in [0, 0.1) is 5.41 Å². The molecule has 3 fully saturated rings. The van der Waals surface area contributed by atoms with E-state index in [9.17, 15) is 15.0 Å². The summed E-state index contributed by atoms with van der Waals surface area (Å²) < 4.78 is 0. The third-order valence-corrected chi connectivity index (χ3v) is 6.50. The van der Waals surface area contributed by atoms with E-state index in [-0.39, 0.29) is 11.3 Å². The maximum atomic E-state index is 11.6. The summed E-state index contributed by atoms with van der Waals surface area (Å²) in [4.78, 5) is 11.6. The number of hydrogen-bond donors (Lipinski definition) is 3. The first kappa shape index (κ1) is 17.1. The van der Waals surface area contributed by atoms with E-state index in [4.69, 9.17) is 0 Å². The van der Waals surface area contributed by atoms with Crippen LogP contribution in [0.25, 0.3) is 11.1 Å². The van der Waals surface area contributed by atoms with Crippen LogP contribution in [0.2, 0.25) is 0 Å². The molecule has 2 aromatic rings. The number of carboxylic acids is 1. The number of benzene rings is 2. The van der Waals surface area contributed by atoms with E-state index in [2.05, 4.69) is 29.6 Å². The lowest BCUT2D eigenvalue weighted by Crippen LogP contribution is -2.56.